The molecule has 1 unspecified atom stereocenters. The van der Waals surface area contributed by atoms with Crippen molar-refractivity contribution in [1.29, 1.82) is 0 Å². The number of piperidine rings is 1. The summed E-state index contributed by atoms with van der Waals surface area (Å²) >= 11 is 0. The predicted molar refractivity (Wildman–Crippen MR) is 146 cm³/mol. The molecule has 0 spiro atoms. The molecule has 3 aromatic heterocycles. The van der Waals surface area contributed by atoms with Crippen molar-refractivity contribution in [2.24, 2.45) is 5.73 Å². The van der Waals surface area contributed by atoms with Crippen molar-refractivity contribution in [2.45, 2.75) is 38.0 Å². The molecular weight excluding hydrogens is 480 g/mol. The third-order valence-electron chi connectivity index (χ3n) is 6.92. The lowest BCUT2D eigenvalue weighted by molar-refractivity contribution is -0.132. The van der Waals surface area contributed by atoms with Crippen LogP contribution in [0.1, 0.15) is 54.2 Å². The fourth-order valence-corrected chi connectivity index (χ4v) is 4.97. The molecule has 0 saturated carbocycles. The van der Waals surface area contributed by atoms with Crippen molar-refractivity contribution < 1.29 is 9.59 Å². The van der Waals surface area contributed by atoms with Gasteiger partial charge in [0, 0.05) is 55.1 Å². The van der Waals surface area contributed by atoms with Gasteiger partial charge < -0.3 is 21.7 Å². The number of rotatable bonds is 8. The Labute approximate surface area is 221 Å². The first-order valence-electron chi connectivity index (χ1n) is 13.0. The first kappa shape index (κ1) is 25.3. The van der Waals surface area contributed by atoms with E-state index in [0.29, 0.717) is 42.4 Å². The topological polar surface area (TPSA) is 145 Å². The second-order valence-electron chi connectivity index (χ2n) is 9.52. The van der Waals surface area contributed by atoms with Crippen LogP contribution in [-0.4, -0.2) is 55.7 Å². The Bertz CT molecular complexity index is 1420. The average Bonchev–Trinajstić information content (AvgIpc) is 3.35. The van der Waals surface area contributed by atoms with Gasteiger partial charge in [0.05, 0.1) is 0 Å². The third-order valence-corrected chi connectivity index (χ3v) is 6.92. The first-order chi connectivity index (χ1) is 18.5. The number of nitrogens with two attached hydrogens (primary N) is 2. The Morgan fingerprint density at radius 1 is 1.05 bits per heavy atom. The van der Waals surface area contributed by atoms with E-state index < -0.39 is 0 Å². The zero-order valence-electron chi connectivity index (χ0n) is 21.2. The lowest BCUT2D eigenvalue weighted by atomic mass is 9.96. The predicted octanol–water partition coefficient (Wildman–Crippen LogP) is 3.46. The van der Waals surface area contributed by atoms with Gasteiger partial charge in [-0.15, -0.1) is 0 Å². The molecule has 0 aliphatic carbocycles. The van der Waals surface area contributed by atoms with Crippen molar-refractivity contribution in [3.8, 4) is 11.3 Å². The van der Waals surface area contributed by atoms with Crippen LogP contribution >= 0.6 is 0 Å². The van der Waals surface area contributed by atoms with Crippen molar-refractivity contribution in [1.82, 2.24) is 24.3 Å². The van der Waals surface area contributed by atoms with Gasteiger partial charge in [0.15, 0.2) is 0 Å². The Morgan fingerprint density at radius 3 is 2.66 bits per heavy atom. The lowest BCUT2D eigenvalue weighted by Crippen LogP contribution is -2.39. The van der Waals surface area contributed by atoms with Gasteiger partial charge in [0.2, 0.25) is 5.91 Å². The third kappa shape index (κ3) is 5.35. The minimum absolute atomic E-state index is 0.0775. The number of unbranched alkanes of at least 4 members (excludes halogenated alkanes) is 1. The van der Waals surface area contributed by atoms with E-state index in [0.717, 1.165) is 49.1 Å². The Morgan fingerprint density at radius 2 is 1.89 bits per heavy atom. The van der Waals surface area contributed by atoms with Gasteiger partial charge in [0.25, 0.3) is 5.91 Å². The maximum atomic E-state index is 12.8. The van der Waals surface area contributed by atoms with Crippen LogP contribution in [0.4, 0.5) is 11.6 Å². The monoisotopic (exact) mass is 512 g/mol. The average molecular weight is 513 g/mol. The van der Waals surface area contributed by atoms with Crippen molar-refractivity contribution >= 4 is 29.0 Å². The van der Waals surface area contributed by atoms with Crippen LogP contribution < -0.4 is 16.8 Å². The fraction of sp³-hybridized carbons (Fsp3) is 0.321. The Balaban J connectivity index is 1.40. The molecule has 5 N–H and O–H groups in total. The summed E-state index contributed by atoms with van der Waals surface area (Å²) in [7, 11) is 0. The molecule has 1 aliphatic rings. The number of pyridine rings is 1. The van der Waals surface area contributed by atoms with Crippen LogP contribution in [-0.2, 0) is 4.79 Å². The number of imidazole rings is 1. The van der Waals surface area contributed by atoms with E-state index >= 15 is 0 Å². The van der Waals surface area contributed by atoms with Gasteiger partial charge in [-0.3, -0.25) is 14.0 Å². The molecule has 1 aliphatic heterocycles. The van der Waals surface area contributed by atoms with Crippen LogP contribution in [0.3, 0.4) is 0 Å². The van der Waals surface area contributed by atoms with E-state index in [-0.39, 0.29) is 17.7 Å². The number of nitrogen functional groups attached to an aromatic ring is 1. The summed E-state index contributed by atoms with van der Waals surface area (Å²) in [6, 6.07) is 12.6. The van der Waals surface area contributed by atoms with E-state index in [1.54, 1.807) is 36.7 Å². The number of aromatic nitrogens is 4. The maximum absolute atomic E-state index is 12.8. The zero-order chi connectivity index (χ0) is 26.5. The summed E-state index contributed by atoms with van der Waals surface area (Å²) < 4.78 is 1.99. The molecular formula is C28H32N8O2. The summed E-state index contributed by atoms with van der Waals surface area (Å²) in [5.41, 5.74) is 14.7. The number of nitrogens with one attached hydrogen (secondary N) is 1. The number of anilines is 2. The molecule has 10 nitrogen and oxygen atoms in total. The second-order valence-corrected chi connectivity index (χ2v) is 9.52. The molecule has 5 rings (SSSR count). The number of fused-ring (bicyclic) bond motifs is 1. The van der Waals surface area contributed by atoms with Gasteiger partial charge in [-0.1, -0.05) is 18.2 Å². The molecule has 38 heavy (non-hydrogen) atoms. The molecule has 1 fully saturated rings. The largest absolute Gasteiger partial charge is 0.382 e. The SMILES string of the molecule is NCCCCC(=O)N1CCCC(c2nc(-c3ccc(C(=O)Nc4ccccn4)cc3)c3c(N)nccn23)C1. The van der Waals surface area contributed by atoms with Crippen LogP contribution in [0.5, 0.6) is 0 Å². The molecule has 0 radical (unpaired) electrons. The number of hydrogen-bond donors (Lipinski definition) is 3. The molecule has 10 heteroatoms. The molecule has 4 aromatic rings. The highest BCUT2D eigenvalue weighted by Crippen LogP contribution is 2.34. The standard InChI is InChI=1S/C28H32N8O2/c29-13-3-1-8-23(37)35-16-5-6-21(18-35)27-34-24(25-26(30)32-15-17-36(25)27)19-9-11-20(12-10-19)28(38)33-22-7-2-4-14-31-22/h2,4,7,9-12,14-15,17,21H,1,3,5-6,8,13,16,18,29H2,(H2,30,32)(H,31,33,38). The molecule has 1 saturated heterocycles. The summed E-state index contributed by atoms with van der Waals surface area (Å²) in [4.78, 5) is 40.9. The molecule has 0 bridgehead atoms. The molecule has 196 valence electrons. The van der Waals surface area contributed by atoms with Gasteiger partial charge in [-0.05, 0) is 56.5 Å². The van der Waals surface area contributed by atoms with Crippen LogP contribution in [0.25, 0.3) is 16.8 Å². The molecule has 4 heterocycles. The second kappa shape index (κ2) is 11.4. The highest BCUT2D eigenvalue weighted by Gasteiger charge is 2.29. The number of carbonyl (C=O) groups is 2. The van der Waals surface area contributed by atoms with E-state index in [2.05, 4.69) is 15.3 Å². The summed E-state index contributed by atoms with van der Waals surface area (Å²) in [5.74, 6) is 1.73. The number of hydrogen-bond acceptors (Lipinski definition) is 7. The quantitative estimate of drug-likeness (QED) is 0.307. The number of benzene rings is 1. The van der Waals surface area contributed by atoms with Crippen molar-refractivity contribution in [2.75, 3.05) is 30.7 Å². The minimum atomic E-state index is -0.245. The van der Waals surface area contributed by atoms with Gasteiger partial charge in [0.1, 0.15) is 28.7 Å². The maximum Gasteiger partial charge on any atom is 0.256 e. The molecule has 1 atom stereocenters. The van der Waals surface area contributed by atoms with Gasteiger partial charge in [-0.2, -0.15) is 0 Å². The van der Waals surface area contributed by atoms with Crippen LogP contribution in [0.15, 0.2) is 61.1 Å². The number of amides is 2. The summed E-state index contributed by atoms with van der Waals surface area (Å²) in [6.07, 6.45) is 9.20. The number of nitrogens with zero attached hydrogens (tertiary/aromatic N) is 5. The highest BCUT2D eigenvalue weighted by molar-refractivity contribution is 6.04. The van der Waals surface area contributed by atoms with Crippen molar-refractivity contribution in [3.05, 3.63) is 72.4 Å². The normalized spacial score (nSPS) is 15.5. The van der Waals surface area contributed by atoms with Crippen LogP contribution in [0, 0.1) is 0 Å². The summed E-state index contributed by atoms with van der Waals surface area (Å²) in [5, 5.41) is 2.79. The number of carbonyl (C=O) groups excluding carboxylic acids is 2. The van der Waals surface area contributed by atoms with E-state index in [1.807, 2.05) is 33.7 Å². The first-order valence-corrected chi connectivity index (χ1v) is 13.0. The fourth-order valence-electron chi connectivity index (χ4n) is 4.97. The lowest BCUT2D eigenvalue weighted by Gasteiger charge is -2.32. The molecule has 2 amide bonds. The highest BCUT2D eigenvalue weighted by atomic mass is 16.2. The smallest absolute Gasteiger partial charge is 0.256 e. The number of likely N-dealkylation sites (tertiary alicyclic amines) is 1. The van der Waals surface area contributed by atoms with E-state index in [1.165, 1.54) is 0 Å². The minimum Gasteiger partial charge on any atom is -0.382 e. The van der Waals surface area contributed by atoms with Gasteiger partial charge >= 0.3 is 0 Å². The molecule has 1 aromatic carbocycles. The van der Waals surface area contributed by atoms with E-state index in [9.17, 15) is 9.59 Å². The van der Waals surface area contributed by atoms with Gasteiger partial charge in [-0.25, -0.2) is 15.0 Å². The Kier molecular flexibility index (Phi) is 7.60. The summed E-state index contributed by atoms with van der Waals surface area (Å²) in [6.45, 7) is 1.98. The van der Waals surface area contributed by atoms with Crippen LogP contribution in [0.2, 0.25) is 0 Å². The Hall–Kier alpha value is -4.31. The van der Waals surface area contributed by atoms with Crippen molar-refractivity contribution in [3.63, 3.8) is 0 Å². The van der Waals surface area contributed by atoms with E-state index in [4.69, 9.17) is 16.5 Å². The zero-order valence-corrected chi connectivity index (χ0v) is 21.2.